The number of amides is 1. The van der Waals surface area contributed by atoms with Gasteiger partial charge in [-0.05, 0) is 25.7 Å². The number of hydrogen-bond acceptors (Lipinski definition) is 3. The number of aryl methyl sites for hydroxylation is 1. The molecule has 1 heterocycles. The Hall–Kier alpha value is -1.52. The van der Waals surface area contributed by atoms with Crippen LogP contribution in [0.3, 0.4) is 0 Å². The zero-order chi connectivity index (χ0) is 13.1. The van der Waals surface area contributed by atoms with Crippen LogP contribution >= 0.6 is 0 Å². The first-order valence-electron chi connectivity index (χ1n) is 6.13. The summed E-state index contributed by atoms with van der Waals surface area (Å²) in [6.07, 6.45) is 3.38. The quantitative estimate of drug-likeness (QED) is 0.704. The number of nitrogens with zero attached hydrogens (tertiary/aromatic N) is 1. The molecule has 1 amide bonds. The highest BCUT2D eigenvalue weighted by Gasteiger charge is 2.19. The lowest BCUT2D eigenvalue weighted by Crippen LogP contribution is -2.13. The summed E-state index contributed by atoms with van der Waals surface area (Å²) in [6.45, 7) is 6.86. The molecule has 1 fully saturated rings. The van der Waals surface area contributed by atoms with Gasteiger partial charge in [0.15, 0.2) is 0 Å². The van der Waals surface area contributed by atoms with Gasteiger partial charge in [-0.1, -0.05) is 13.8 Å². The monoisotopic (exact) mass is 240 g/mol. The van der Waals surface area contributed by atoms with Gasteiger partial charge in [-0.2, -0.15) is 5.10 Å². The lowest BCUT2D eigenvalue weighted by Gasteiger charge is -1.88. The van der Waals surface area contributed by atoms with Crippen molar-refractivity contribution >= 4 is 12.2 Å². The molecule has 0 unspecified atom stereocenters. The molecular formula is C12H24N4O. The van der Waals surface area contributed by atoms with Gasteiger partial charge >= 0.3 is 0 Å². The van der Waals surface area contributed by atoms with Crippen LogP contribution in [-0.2, 0) is 4.79 Å². The van der Waals surface area contributed by atoms with Gasteiger partial charge in [-0.15, -0.1) is 0 Å². The Bertz CT molecular complexity index is 294. The van der Waals surface area contributed by atoms with Gasteiger partial charge in [-0.25, -0.2) is 0 Å². The SMILES string of the molecule is CC.CNc1cc(C)[nH]n1.O=CNCC1CC1. The highest BCUT2D eigenvalue weighted by atomic mass is 16.1. The summed E-state index contributed by atoms with van der Waals surface area (Å²) >= 11 is 0. The first-order valence-corrected chi connectivity index (χ1v) is 6.13. The Kier molecular flexibility index (Phi) is 8.82. The molecule has 98 valence electrons. The molecule has 1 aromatic heterocycles. The predicted molar refractivity (Wildman–Crippen MR) is 71.0 cm³/mol. The maximum atomic E-state index is 9.63. The predicted octanol–water partition coefficient (Wildman–Crippen LogP) is 1.93. The van der Waals surface area contributed by atoms with Crippen LogP contribution in [0.5, 0.6) is 0 Å². The van der Waals surface area contributed by atoms with E-state index < -0.39 is 0 Å². The molecule has 0 spiro atoms. The number of rotatable bonds is 4. The van der Waals surface area contributed by atoms with E-state index in [0.717, 1.165) is 30.4 Å². The fourth-order valence-corrected chi connectivity index (χ4v) is 1.08. The van der Waals surface area contributed by atoms with Crippen LogP contribution in [0.15, 0.2) is 6.07 Å². The van der Waals surface area contributed by atoms with Gasteiger partial charge in [0, 0.05) is 25.4 Å². The van der Waals surface area contributed by atoms with Gasteiger partial charge in [0.1, 0.15) is 5.82 Å². The molecule has 1 aliphatic carbocycles. The third-order valence-electron chi connectivity index (χ3n) is 2.15. The molecule has 2 rings (SSSR count). The number of hydrogen-bond donors (Lipinski definition) is 3. The van der Waals surface area contributed by atoms with E-state index in [-0.39, 0.29) is 0 Å². The number of aromatic nitrogens is 2. The van der Waals surface area contributed by atoms with E-state index in [4.69, 9.17) is 0 Å². The van der Waals surface area contributed by atoms with Crippen LogP contribution in [0.4, 0.5) is 5.82 Å². The number of carbonyl (C=O) groups excluding carboxylic acids is 1. The van der Waals surface area contributed by atoms with Gasteiger partial charge in [0.25, 0.3) is 0 Å². The minimum atomic E-state index is 0.762. The number of H-pyrrole nitrogens is 1. The minimum Gasteiger partial charge on any atom is -0.372 e. The normalized spacial score (nSPS) is 12.5. The maximum Gasteiger partial charge on any atom is 0.207 e. The van der Waals surface area contributed by atoms with E-state index in [9.17, 15) is 4.79 Å². The Morgan fingerprint density at radius 2 is 2.18 bits per heavy atom. The van der Waals surface area contributed by atoms with Crippen LogP contribution < -0.4 is 10.6 Å². The lowest BCUT2D eigenvalue weighted by atomic mass is 10.4. The van der Waals surface area contributed by atoms with Crippen molar-refractivity contribution in [2.45, 2.75) is 33.6 Å². The Morgan fingerprint density at radius 3 is 2.47 bits per heavy atom. The summed E-state index contributed by atoms with van der Waals surface area (Å²) in [5, 5.41) is 12.2. The van der Waals surface area contributed by atoms with Crippen molar-refractivity contribution in [2.75, 3.05) is 18.9 Å². The second-order valence-corrected chi connectivity index (χ2v) is 3.66. The molecule has 1 aliphatic rings. The van der Waals surface area contributed by atoms with Crippen molar-refractivity contribution in [3.05, 3.63) is 11.8 Å². The average molecular weight is 240 g/mol. The molecule has 17 heavy (non-hydrogen) atoms. The van der Waals surface area contributed by atoms with Crippen molar-refractivity contribution in [1.29, 1.82) is 0 Å². The molecule has 1 aromatic rings. The van der Waals surface area contributed by atoms with Crippen molar-refractivity contribution in [3.63, 3.8) is 0 Å². The zero-order valence-corrected chi connectivity index (χ0v) is 11.2. The second-order valence-electron chi connectivity index (χ2n) is 3.66. The van der Waals surface area contributed by atoms with Crippen molar-refractivity contribution in [2.24, 2.45) is 5.92 Å². The van der Waals surface area contributed by atoms with Crippen molar-refractivity contribution < 1.29 is 4.79 Å². The fraction of sp³-hybridized carbons (Fsp3) is 0.667. The summed E-state index contributed by atoms with van der Waals surface area (Å²) in [4.78, 5) is 9.63. The smallest absolute Gasteiger partial charge is 0.207 e. The van der Waals surface area contributed by atoms with E-state index in [1.165, 1.54) is 12.8 Å². The fourth-order valence-electron chi connectivity index (χ4n) is 1.08. The molecule has 5 nitrogen and oxygen atoms in total. The topological polar surface area (TPSA) is 69.8 Å². The van der Waals surface area contributed by atoms with Crippen molar-refractivity contribution in [1.82, 2.24) is 15.5 Å². The number of carbonyl (C=O) groups is 1. The molecule has 3 N–H and O–H groups in total. The van der Waals surface area contributed by atoms with Gasteiger partial charge in [0.05, 0.1) is 0 Å². The van der Waals surface area contributed by atoms with Crippen LogP contribution in [0, 0.1) is 12.8 Å². The Balaban J connectivity index is 0.000000265. The third-order valence-corrected chi connectivity index (χ3v) is 2.15. The summed E-state index contributed by atoms with van der Waals surface area (Å²) in [5.41, 5.74) is 1.08. The summed E-state index contributed by atoms with van der Waals surface area (Å²) in [6, 6.07) is 1.94. The van der Waals surface area contributed by atoms with Crippen LogP contribution in [0.1, 0.15) is 32.4 Å². The highest BCUT2D eigenvalue weighted by Crippen LogP contribution is 2.27. The second kappa shape index (κ2) is 9.69. The third kappa shape index (κ3) is 8.30. The Labute approximate surface area is 103 Å². The highest BCUT2D eigenvalue weighted by molar-refractivity contribution is 5.45. The summed E-state index contributed by atoms with van der Waals surface area (Å²) in [5.74, 6) is 1.70. The van der Waals surface area contributed by atoms with Crippen LogP contribution in [0.25, 0.3) is 0 Å². The molecule has 0 bridgehead atoms. The molecule has 5 heteroatoms. The number of nitrogens with one attached hydrogen (secondary N) is 3. The molecule has 0 aromatic carbocycles. The summed E-state index contributed by atoms with van der Waals surface area (Å²) in [7, 11) is 1.84. The maximum absolute atomic E-state index is 9.63. The average Bonchev–Trinajstić information content (AvgIpc) is 3.11. The van der Waals surface area contributed by atoms with E-state index in [1.807, 2.05) is 33.9 Å². The molecular weight excluding hydrogens is 216 g/mol. The largest absolute Gasteiger partial charge is 0.372 e. The lowest BCUT2D eigenvalue weighted by molar-refractivity contribution is -0.109. The van der Waals surface area contributed by atoms with E-state index in [0.29, 0.717) is 0 Å². The standard InChI is InChI=1S/C5H9N3.C5H9NO.C2H6/c1-4-3-5(6-2)8-7-4;7-4-6-3-5-1-2-5;1-2/h3H,1-2H3,(H2,6,7,8);4-5H,1-3H2,(H,6,7);1-2H3. The van der Waals surface area contributed by atoms with Gasteiger partial charge in [-0.3, -0.25) is 9.89 Å². The Morgan fingerprint density at radius 1 is 1.53 bits per heavy atom. The molecule has 0 atom stereocenters. The van der Waals surface area contributed by atoms with Crippen LogP contribution in [0.2, 0.25) is 0 Å². The van der Waals surface area contributed by atoms with E-state index in [2.05, 4.69) is 20.8 Å². The van der Waals surface area contributed by atoms with Crippen molar-refractivity contribution in [3.8, 4) is 0 Å². The van der Waals surface area contributed by atoms with Gasteiger partial charge in [0.2, 0.25) is 6.41 Å². The molecule has 0 radical (unpaired) electrons. The zero-order valence-electron chi connectivity index (χ0n) is 11.2. The molecule has 1 saturated carbocycles. The number of aromatic amines is 1. The van der Waals surface area contributed by atoms with E-state index in [1.54, 1.807) is 0 Å². The minimum absolute atomic E-state index is 0.762. The van der Waals surface area contributed by atoms with E-state index >= 15 is 0 Å². The molecule has 0 saturated heterocycles. The first kappa shape index (κ1) is 15.5. The van der Waals surface area contributed by atoms with Crippen LogP contribution in [-0.4, -0.2) is 30.2 Å². The number of anilines is 1. The van der Waals surface area contributed by atoms with Gasteiger partial charge < -0.3 is 10.6 Å². The summed E-state index contributed by atoms with van der Waals surface area (Å²) < 4.78 is 0. The molecule has 0 aliphatic heterocycles. The first-order chi connectivity index (χ1) is 8.26.